The van der Waals surface area contributed by atoms with E-state index >= 15 is 0 Å². The predicted molar refractivity (Wildman–Crippen MR) is 95.3 cm³/mol. The molecule has 0 spiro atoms. The van der Waals surface area contributed by atoms with Gasteiger partial charge in [-0.05, 0) is 36.1 Å². The van der Waals surface area contributed by atoms with E-state index in [1.54, 1.807) is 11.4 Å². The molecule has 1 aromatic heterocycles. The molecule has 0 fully saturated rings. The molecular weight excluding hydrogens is 340 g/mol. The molecule has 7 heteroatoms. The van der Waals surface area contributed by atoms with Gasteiger partial charge in [-0.1, -0.05) is 6.07 Å². The highest BCUT2D eigenvalue weighted by molar-refractivity contribution is 7.08. The van der Waals surface area contributed by atoms with Crippen LogP contribution in [-0.4, -0.2) is 31.6 Å². The molecule has 1 atom stereocenters. The fourth-order valence-electron chi connectivity index (χ4n) is 2.51. The number of rotatable bonds is 6. The van der Waals surface area contributed by atoms with Crippen molar-refractivity contribution in [3.8, 4) is 11.5 Å². The molecule has 2 heterocycles. The molecule has 25 heavy (non-hydrogen) atoms. The van der Waals surface area contributed by atoms with Crippen molar-refractivity contribution in [1.29, 1.82) is 0 Å². The molecule has 2 aromatic rings. The van der Waals surface area contributed by atoms with Crippen molar-refractivity contribution in [2.24, 2.45) is 0 Å². The second-order valence-corrected chi connectivity index (χ2v) is 6.49. The summed E-state index contributed by atoms with van der Waals surface area (Å²) in [5.74, 6) is 1.15. The van der Waals surface area contributed by atoms with Crippen molar-refractivity contribution in [2.45, 2.75) is 19.4 Å². The molecule has 2 N–H and O–H groups in total. The minimum absolute atomic E-state index is 0.118. The van der Waals surface area contributed by atoms with Crippen molar-refractivity contribution in [3.05, 3.63) is 46.2 Å². The maximum atomic E-state index is 12.1. The van der Waals surface area contributed by atoms with Gasteiger partial charge < -0.3 is 20.1 Å². The first-order valence-corrected chi connectivity index (χ1v) is 9.07. The number of ether oxygens (including phenoxy) is 2. The zero-order chi connectivity index (χ0) is 17.6. The SMILES string of the molecule is CC(NC(=O)CCNC(=O)c1ccsc1)c1ccc2c(c1)OCCO2. The smallest absolute Gasteiger partial charge is 0.252 e. The largest absolute Gasteiger partial charge is 0.486 e. The Kier molecular flexibility index (Phi) is 5.55. The number of hydrogen-bond donors (Lipinski definition) is 2. The summed E-state index contributed by atoms with van der Waals surface area (Å²) in [7, 11) is 0. The van der Waals surface area contributed by atoms with Crippen LogP contribution >= 0.6 is 11.3 Å². The number of hydrogen-bond acceptors (Lipinski definition) is 5. The van der Waals surface area contributed by atoms with Crippen LogP contribution in [-0.2, 0) is 4.79 Å². The Morgan fingerprint density at radius 3 is 2.76 bits per heavy atom. The summed E-state index contributed by atoms with van der Waals surface area (Å²) < 4.78 is 11.1. The van der Waals surface area contributed by atoms with E-state index in [0.717, 1.165) is 11.3 Å². The third-order valence-electron chi connectivity index (χ3n) is 3.86. The molecule has 1 unspecified atom stereocenters. The number of nitrogens with one attached hydrogen (secondary N) is 2. The molecule has 1 aliphatic rings. The van der Waals surface area contributed by atoms with E-state index in [1.165, 1.54) is 11.3 Å². The second kappa shape index (κ2) is 8.02. The summed E-state index contributed by atoms with van der Waals surface area (Å²) in [6, 6.07) is 7.25. The van der Waals surface area contributed by atoms with Crippen LogP contribution in [0, 0.1) is 0 Å². The Bertz CT molecular complexity index is 746. The molecule has 0 saturated carbocycles. The maximum Gasteiger partial charge on any atom is 0.252 e. The third-order valence-corrected chi connectivity index (χ3v) is 4.55. The molecule has 0 bridgehead atoms. The molecule has 0 radical (unpaired) electrons. The van der Waals surface area contributed by atoms with Gasteiger partial charge in [0, 0.05) is 23.9 Å². The first-order valence-electron chi connectivity index (χ1n) is 8.13. The standard InChI is InChI=1S/C18H20N2O4S/c1-12(13-2-3-15-16(10-13)24-8-7-23-15)20-17(21)4-6-19-18(22)14-5-9-25-11-14/h2-3,5,9-12H,4,6-8H2,1H3,(H,19,22)(H,20,21). The molecule has 132 valence electrons. The Morgan fingerprint density at radius 1 is 1.20 bits per heavy atom. The molecule has 1 aliphatic heterocycles. The van der Waals surface area contributed by atoms with Crippen LogP contribution < -0.4 is 20.1 Å². The van der Waals surface area contributed by atoms with E-state index in [2.05, 4.69) is 10.6 Å². The van der Waals surface area contributed by atoms with Gasteiger partial charge >= 0.3 is 0 Å². The van der Waals surface area contributed by atoms with Gasteiger partial charge in [0.05, 0.1) is 6.04 Å². The molecular formula is C18H20N2O4S. The fourth-order valence-corrected chi connectivity index (χ4v) is 3.15. The van der Waals surface area contributed by atoms with Crippen molar-refractivity contribution in [1.82, 2.24) is 10.6 Å². The Morgan fingerprint density at radius 2 is 2.00 bits per heavy atom. The number of amides is 2. The van der Waals surface area contributed by atoms with Crippen molar-refractivity contribution in [3.63, 3.8) is 0 Å². The summed E-state index contributed by atoms with van der Waals surface area (Å²) in [5, 5.41) is 9.29. The van der Waals surface area contributed by atoms with E-state index in [0.29, 0.717) is 31.1 Å². The van der Waals surface area contributed by atoms with E-state index in [1.807, 2.05) is 30.5 Å². The lowest BCUT2D eigenvalue weighted by molar-refractivity contribution is -0.121. The van der Waals surface area contributed by atoms with Crippen molar-refractivity contribution < 1.29 is 19.1 Å². The molecule has 1 aromatic carbocycles. The monoisotopic (exact) mass is 360 g/mol. The number of carbonyl (C=O) groups is 2. The van der Waals surface area contributed by atoms with E-state index in [9.17, 15) is 9.59 Å². The highest BCUT2D eigenvalue weighted by atomic mass is 32.1. The molecule has 0 saturated heterocycles. The third kappa shape index (κ3) is 4.51. The van der Waals surface area contributed by atoms with Gasteiger partial charge in [-0.3, -0.25) is 9.59 Å². The van der Waals surface area contributed by atoms with Gasteiger partial charge in [-0.25, -0.2) is 0 Å². The van der Waals surface area contributed by atoms with Gasteiger partial charge in [0.2, 0.25) is 5.91 Å². The zero-order valence-corrected chi connectivity index (χ0v) is 14.7. The normalized spacial score (nSPS) is 13.8. The van der Waals surface area contributed by atoms with Gasteiger partial charge in [0.25, 0.3) is 5.91 Å². The predicted octanol–water partition coefficient (Wildman–Crippen LogP) is 2.52. The van der Waals surface area contributed by atoms with E-state index in [4.69, 9.17) is 9.47 Å². The summed E-state index contributed by atoms with van der Waals surface area (Å²) in [6.45, 7) is 3.29. The van der Waals surface area contributed by atoms with Crippen molar-refractivity contribution >= 4 is 23.2 Å². The molecule has 0 aliphatic carbocycles. The van der Waals surface area contributed by atoms with Crippen LogP contribution in [0.25, 0.3) is 0 Å². The average molecular weight is 360 g/mol. The molecule has 6 nitrogen and oxygen atoms in total. The number of thiophene rings is 1. The van der Waals surface area contributed by atoms with Crippen LogP contribution in [0.5, 0.6) is 11.5 Å². The van der Waals surface area contributed by atoms with Crippen LogP contribution in [0.1, 0.15) is 35.3 Å². The lowest BCUT2D eigenvalue weighted by Crippen LogP contribution is -2.32. The summed E-state index contributed by atoms with van der Waals surface area (Å²) >= 11 is 1.46. The lowest BCUT2D eigenvalue weighted by Gasteiger charge is -2.21. The second-order valence-electron chi connectivity index (χ2n) is 5.71. The lowest BCUT2D eigenvalue weighted by atomic mass is 10.1. The minimum Gasteiger partial charge on any atom is -0.486 e. The number of carbonyl (C=O) groups excluding carboxylic acids is 2. The first-order chi connectivity index (χ1) is 12.1. The fraction of sp³-hybridized carbons (Fsp3) is 0.333. The number of fused-ring (bicyclic) bond motifs is 1. The van der Waals surface area contributed by atoms with Crippen molar-refractivity contribution in [2.75, 3.05) is 19.8 Å². The van der Waals surface area contributed by atoms with E-state index in [-0.39, 0.29) is 24.3 Å². The van der Waals surface area contributed by atoms with Gasteiger partial charge in [0.1, 0.15) is 13.2 Å². The summed E-state index contributed by atoms with van der Waals surface area (Å²) in [5.41, 5.74) is 1.56. The molecule has 2 amide bonds. The van der Waals surface area contributed by atoms with Crippen LogP contribution in [0.15, 0.2) is 35.0 Å². The van der Waals surface area contributed by atoms with Crippen LogP contribution in [0.3, 0.4) is 0 Å². The van der Waals surface area contributed by atoms with Gasteiger partial charge in [-0.2, -0.15) is 11.3 Å². The molecule has 3 rings (SSSR count). The first kappa shape index (κ1) is 17.3. The van der Waals surface area contributed by atoms with Crippen LogP contribution in [0.2, 0.25) is 0 Å². The number of benzene rings is 1. The van der Waals surface area contributed by atoms with Gasteiger partial charge in [-0.15, -0.1) is 0 Å². The Balaban J connectivity index is 1.46. The highest BCUT2D eigenvalue weighted by Crippen LogP contribution is 2.32. The summed E-state index contributed by atoms with van der Waals surface area (Å²) in [4.78, 5) is 23.9. The highest BCUT2D eigenvalue weighted by Gasteiger charge is 2.16. The van der Waals surface area contributed by atoms with Crippen LogP contribution in [0.4, 0.5) is 0 Å². The quantitative estimate of drug-likeness (QED) is 0.830. The minimum atomic E-state index is -0.158. The van der Waals surface area contributed by atoms with E-state index < -0.39 is 0 Å². The maximum absolute atomic E-state index is 12.1. The Labute approximate surface area is 150 Å². The van der Waals surface area contributed by atoms with Gasteiger partial charge in [0.15, 0.2) is 11.5 Å². The topological polar surface area (TPSA) is 76.7 Å². The Hall–Kier alpha value is -2.54. The average Bonchev–Trinajstić information content (AvgIpc) is 3.16. The summed E-state index contributed by atoms with van der Waals surface area (Å²) in [6.07, 6.45) is 0.227. The zero-order valence-electron chi connectivity index (χ0n) is 13.9.